The van der Waals surface area contributed by atoms with Gasteiger partial charge in [-0.2, -0.15) is 0 Å². The number of furan rings is 2. The molecule has 0 fully saturated rings. The fraction of sp³-hybridized carbons (Fsp3) is 0.0417. The zero-order valence-electron chi connectivity index (χ0n) is 27.8. The van der Waals surface area contributed by atoms with Crippen molar-refractivity contribution in [3.05, 3.63) is 169 Å². The lowest BCUT2D eigenvalue weighted by Crippen LogP contribution is -1.86. The molecule has 0 aliphatic heterocycles. The summed E-state index contributed by atoms with van der Waals surface area (Å²) < 4.78 is 12.6. The Hall–Kier alpha value is -6.38. The zero-order chi connectivity index (χ0) is 33.3. The Balaban J connectivity index is 1.09. The van der Waals surface area contributed by atoms with Crippen molar-refractivity contribution in [3.8, 4) is 44.5 Å². The first kappa shape index (κ1) is 28.6. The highest BCUT2D eigenvalue weighted by Gasteiger charge is 2.15. The van der Waals surface area contributed by atoms with Crippen LogP contribution < -0.4 is 0 Å². The third kappa shape index (κ3) is 4.64. The summed E-state index contributed by atoms with van der Waals surface area (Å²) in [6.07, 6.45) is 0. The summed E-state index contributed by atoms with van der Waals surface area (Å²) in [5, 5.41) is 6.95. The van der Waals surface area contributed by atoms with E-state index in [0.717, 1.165) is 43.9 Å². The predicted molar refractivity (Wildman–Crippen MR) is 210 cm³/mol. The molecule has 50 heavy (non-hydrogen) atoms. The first-order chi connectivity index (χ1) is 24.6. The molecule has 10 rings (SSSR count). The van der Waals surface area contributed by atoms with Gasteiger partial charge in [0.1, 0.15) is 22.3 Å². The van der Waals surface area contributed by atoms with Crippen molar-refractivity contribution in [2.24, 2.45) is 0 Å². The monoisotopic (exact) mass is 640 g/mol. The molecule has 236 valence electrons. The lowest BCUT2D eigenvalue weighted by Gasteiger charge is -2.12. The molecule has 10 aromatic rings. The third-order valence-electron chi connectivity index (χ3n) is 10.3. The molecule has 0 saturated heterocycles. The van der Waals surface area contributed by atoms with E-state index in [-0.39, 0.29) is 0 Å². The third-order valence-corrected chi connectivity index (χ3v) is 10.3. The van der Waals surface area contributed by atoms with Crippen LogP contribution in [0.1, 0.15) is 11.1 Å². The van der Waals surface area contributed by atoms with Gasteiger partial charge in [-0.25, -0.2) is 0 Å². The highest BCUT2D eigenvalue weighted by atomic mass is 16.3. The highest BCUT2D eigenvalue weighted by molar-refractivity contribution is 6.12. The Morgan fingerprint density at radius 2 is 0.600 bits per heavy atom. The largest absolute Gasteiger partial charge is 0.456 e. The van der Waals surface area contributed by atoms with E-state index in [1.54, 1.807) is 0 Å². The first-order valence-corrected chi connectivity index (χ1v) is 17.1. The molecule has 0 saturated carbocycles. The van der Waals surface area contributed by atoms with E-state index in [4.69, 9.17) is 8.83 Å². The van der Waals surface area contributed by atoms with Crippen LogP contribution in [0.4, 0.5) is 0 Å². The number of benzene rings is 8. The molecule has 2 nitrogen and oxygen atoms in total. The summed E-state index contributed by atoms with van der Waals surface area (Å²) >= 11 is 0. The molecule has 0 spiro atoms. The standard InChI is InChI=1S/C48H32O2/c1-29-9-13-31(14-10-29)33-17-21-45-41(25-33)43-27-35(19-23-47(43)49-45)37-5-3-8-40-38(6-4-7-39(37)40)36-20-24-48-44(28-36)42-26-34(18-22-46(42)50-48)32-15-11-30(2)12-16-32/h3-28H,1-2H3. The summed E-state index contributed by atoms with van der Waals surface area (Å²) in [5.74, 6) is 0. The Kier molecular flexibility index (Phi) is 6.34. The van der Waals surface area contributed by atoms with Crippen molar-refractivity contribution in [1.82, 2.24) is 0 Å². The Morgan fingerprint density at radius 3 is 0.980 bits per heavy atom. The molecule has 0 N–H and O–H groups in total. The van der Waals surface area contributed by atoms with E-state index in [1.165, 1.54) is 66.4 Å². The van der Waals surface area contributed by atoms with Gasteiger partial charge in [0, 0.05) is 21.5 Å². The topological polar surface area (TPSA) is 26.3 Å². The van der Waals surface area contributed by atoms with Crippen LogP contribution in [0.15, 0.2) is 167 Å². The maximum atomic E-state index is 6.31. The number of hydrogen-bond acceptors (Lipinski definition) is 2. The van der Waals surface area contributed by atoms with Crippen LogP contribution in [0.3, 0.4) is 0 Å². The number of fused-ring (bicyclic) bond motifs is 7. The van der Waals surface area contributed by atoms with E-state index in [0.29, 0.717) is 0 Å². The minimum atomic E-state index is 0.900. The van der Waals surface area contributed by atoms with Gasteiger partial charge in [0.15, 0.2) is 0 Å². The second kappa shape index (κ2) is 11.1. The summed E-state index contributed by atoms with van der Waals surface area (Å²) in [6, 6.07) is 56.9. The Labute approximate surface area is 289 Å². The van der Waals surface area contributed by atoms with Crippen molar-refractivity contribution in [1.29, 1.82) is 0 Å². The molecular weight excluding hydrogens is 609 g/mol. The van der Waals surface area contributed by atoms with Crippen LogP contribution in [-0.4, -0.2) is 0 Å². The molecule has 2 aromatic heterocycles. The minimum absolute atomic E-state index is 0.900. The molecular formula is C48H32O2. The number of hydrogen-bond donors (Lipinski definition) is 0. The van der Waals surface area contributed by atoms with Crippen LogP contribution in [0, 0.1) is 13.8 Å². The van der Waals surface area contributed by atoms with E-state index in [2.05, 4.69) is 172 Å². The fourth-order valence-corrected chi connectivity index (χ4v) is 7.55. The quantitative estimate of drug-likeness (QED) is 0.191. The van der Waals surface area contributed by atoms with Crippen LogP contribution in [0.25, 0.3) is 99.2 Å². The van der Waals surface area contributed by atoms with Crippen molar-refractivity contribution in [2.45, 2.75) is 13.8 Å². The summed E-state index contributed by atoms with van der Waals surface area (Å²) in [4.78, 5) is 0. The van der Waals surface area contributed by atoms with E-state index >= 15 is 0 Å². The van der Waals surface area contributed by atoms with Crippen LogP contribution in [-0.2, 0) is 0 Å². The van der Waals surface area contributed by atoms with Crippen LogP contribution >= 0.6 is 0 Å². The molecule has 0 unspecified atom stereocenters. The molecule has 0 atom stereocenters. The van der Waals surface area contributed by atoms with Gasteiger partial charge in [0.25, 0.3) is 0 Å². The van der Waals surface area contributed by atoms with Crippen LogP contribution in [0.5, 0.6) is 0 Å². The van der Waals surface area contributed by atoms with Gasteiger partial charge in [-0.05, 0) is 118 Å². The molecule has 2 heteroatoms. The van der Waals surface area contributed by atoms with Crippen molar-refractivity contribution in [2.75, 3.05) is 0 Å². The summed E-state index contributed by atoms with van der Waals surface area (Å²) in [6.45, 7) is 4.24. The van der Waals surface area contributed by atoms with Gasteiger partial charge in [0.05, 0.1) is 0 Å². The maximum absolute atomic E-state index is 6.31. The molecule has 0 aliphatic carbocycles. The Bertz CT molecular complexity index is 2720. The smallest absolute Gasteiger partial charge is 0.135 e. The lowest BCUT2D eigenvalue weighted by molar-refractivity contribution is 0.668. The normalized spacial score (nSPS) is 11.8. The van der Waals surface area contributed by atoms with Gasteiger partial charge in [-0.15, -0.1) is 0 Å². The highest BCUT2D eigenvalue weighted by Crippen LogP contribution is 2.40. The van der Waals surface area contributed by atoms with Crippen molar-refractivity contribution in [3.63, 3.8) is 0 Å². The van der Waals surface area contributed by atoms with Gasteiger partial charge in [0.2, 0.25) is 0 Å². The zero-order valence-corrected chi connectivity index (χ0v) is 27.8. The average Bonchev–Trinajstić information content (AvgIpc) is 3.71. The lowest BCUT2D eigenvalue weighted by atomic mass is 9.92. The van der Waals surface area contributed by atoms with Crippen molar-refractivity contribution < 1.29 is 8.83 Å². The second-order valence-corrected chi connectivity index (χ2v) is 13.5. The number of aryl methyl sites for hydroxylation is 2. The fourth-order valence-electron chi connectivity index (χ4n) is 7.55. The molecule has 0 bridgehead atoms. The maximum Gasteiger partial charge on any atom is 0.135 e. The predicted octanol–water partition coefficient (Wildman–Crippen LogP) is 13.9. The molecule has 0 amide bonds. The van der Waals surface area contributed by atoms with Crippen molar-refractivity contribution >= 4 is 54.6 Å². The van der Waals surface area contributed by atoms with Gasteiger partial charge in [-0.3, -0.25) is 0 Å². The second-order valence-electron chi connectivity index (χ2n) is 13.5. The van der Waals surface area contributed by atoms with Gasteiger partial charge in [-0.1, -0.05) is 120 Å². The average molecular weight is 641 g/mol. The van der Waals surface area contributed by atoms with E-state index in [1.807, 2.05) is 0 Å². The van der Waals surface area contributed by atoms with E-state index in [9.17, 15) is 0 Å². The van der Waals surface area contributed by atoms with Gasteiger partial charge < -0.3 is 8.83 Å². The van der Waals surface area contributed by atoms with E-state index < -0.39 is 0 Å². The molecule has 2 heterocycles. The minimum Gasteiger partial charge on any atom is -0.456 e. The molecule has 0 aliphatic rings. The summed E-state index contributed by atoms with van der Waals surface area (Å²) in [5.41, 5.74) is 15.7. The Morgan fingerprint density at radius 1 is 0.280 bits per heavy atom. The number of rotatable bonds is 4. The first-order valence-electron chi connectivity index (χ1n) is 17.1. The molecule has 0 radical (unpaired) electrons. The molecule has 8 aromatic carbocycles. The summed E-state index contributed by atoms with van der Waals surface area (Å²) in [7, 11) is 0. The van der Waals surface area contributed by atoms with Gasteiger partial charge >= 0.3 is 0 Å². The van der Waals surface area contributed by atoms with Crippen LogP contribution in [0.2, 0.25) is 0 Å². The SMILES string of the molecule is Cc1ccc(-c2ccc3oc4ccc(-c5cccc6c(-c7ccc8oc9ccc(-c%10ccc(C)cc%10)cc9c8c7)cccc56)cc4c3c2)cc1.